The van der Waals surface area contributed by atoms with Crippen LogP contribution in [0.25, 0.3) is 0 Å². The Balaban J connectivity index is 1.71. The molecule has 0 unspecified atom stereocenters. The minimum absolute atomic E-state index is 0.112. The summed E-state index contributed by atoms with van der Waals surface area (Å²) in [5.74, 6) is 0.839. The molecule has 1 aromatic rings. The van der Waals surface area contributed by atoms with Gasteiger partial charge in [0, 0.05) is 50.5 Å². The van der Waals surface area contributed by atoms with Crippen LogP contribution < -0.4 is 10.5 Å². The average molecular weight is 278 g/mol. The molecule has 6 heteroatoms. The van der Waals surface area contributed by atoms with Crippen molar-refractivity contribution < 1.29 is 4.74 Å². The van der Waals surface area contributed by atoms with Gasteiger partial charge in [0.1, 0.15) is 0 Å². The monoisotopic (exact) mass is 278 g/mol. The maximum Gasteiger partial charge on any atom is 0.258 e. The standard InChI is InChI=1S/C14H22N4O2/c1-11-12(2)15-14-17(5-6-18(14)13(11)19)4-3-16-7-9-20-10-8-16/h3-10H2,1-2H3. The van der Waals surface area contributed by atoms with E-state index in [1.54, 1.807) is 0 Å². The Morgan fingerprint density at radius 3 is 2.60 bits per heavy atom. The van der Waals surface area contributed by atoms with Crippen molar-refractivity contribution >= 4 is 5.95 Å². The summed E-state index contributed by atoms with van der Waals surface area (Å²) in [6, 6.07) is 0. The Bertz CT molecular complexity index is 549. The van der Waals surface area contributed by atoms with Crippen molar-refractivity contribution in [3.05, 3.63) is 21.6 Å². The molecule has 3 rings (SSSR count). The lowest BCUT2D eigenvalue weighted by Gasteiger charge is -2.28. The Hall–Kier alpha value is -1.40. The predicted octanol–water partition coefficient (Wildman–Crippen LogP) is 0.0123. The van der Waals surface area contributed by atoms with Gasteiger partial charge in [0.2, 0.25) is 5.95 Å². The lowest BCUT2D eigenvalue weighted by molar-refractivity contribution is 0.0392. The number of ether oxygens (including phenoxy) is 1. The summed E-state index contributed by atoms with van der Waals surface area (Å²) in [5, 5.41) is 0. The minimum Gasteiger partial charge on any atom is -0.379 e. The van der Waals surface area contributed by atoms with Gasteiger partial charge in [-0.05, 0) is 13.8 Å². The second-order valence-corrected chi connectivity index (χ2v) is 5.52. The van der Waals surface area contributed by atoms with E-state index >= 15 is 0 Å². The number of aryl methyl sites for hydroxylation is 1. The number of fused-ring (bicyclic) bond motifs is 1. The predicted molar refractivity (Wildman–Crippen MR) is 77.4 cm³/mol. The first-order valence-electron chi connectivity index (χ1n) is 7.30. The van der Waals surface area contributed by atoms with E-state index in [9.17, 15) is 4.79 Å². The van der Waals surface area contributed by atoms with E-state index in [1.165, 1.54) is 0 Å². The molecule has 0 radical (unpaired) electrons. The van der Waals surface area contributed by atoms with Crippen LogP contribution in [0.2, 0.25) is 0 Å². The topological polar surface area (TPSA) is 50.6 Å². The Kier molecular flexibility index (Phi) is 3.76. The summed E-state index contributed by atoms with van der Waals surface area (Å²) in [6.45, 7) is 11.0. The molecule has 1 fully saturated rings. The SMILES string of the molecule is Cc1nc2n(c(=O)c1C)CCN2CCN1CCOCC1. The number of rotatable bonds is 3. The second kappa shape index (κ2) is 5.54. The second-order valence-electron chi connectivity index (χ2n) is 5.52. The first-order valence-corrected chi connectivity index (χ1v) is 7.30. The van der Waals surface area contributed by atoms with Crippen molar-refractivity contribution in [3.8, 4) is 0 Å². The number of nitrogens with zero attached hydrogens (tertiary/aromatic N) is 4. The number of hydrogen-bond donors (Lipinski definition) is 0. The maximum atomic E-state index is 12.2. The van der Waals surface area contributed by atoms with E-state index in [0.717, 1.165) is 69.7 Å². The molecule has 1 aromatic heterocycles. The van der Waals surface area contributed by atoms with Crippen molar-refractivity contribution in [2.75, 3.05) is 50.8 Å². The fourth-order valence-electron chi connectivity index (χ4n) is 2.80. The van der Waals surface area contributed by atoms with Crippen molar-refractivity contribution in [3.63, 3.8) is 0 Å². The molecule has 2 aliphatic heterocycles. The zero-order chi connectivity index (χ0) is 14.1. The molecule has 3 heterocycles. The van der Waals surface area contributed by atoms with Gasteiger partial charge in [0.05, 0.1) is 13.2 Å². The number of hydrogen-bond acceptors (Lipinski definition) is 5. The first-order chi connectivity index (χ1) is 9.66. The largest absolute Gasteiger partial charge is 0.379 e. The van der Waals surface area contributed by atoms with Gasteiger partial charge in [-0.2, -0.15) is 0 Å². The smallest absolute Gasteiger partial charge is 0.258 e. The van der Waals surface area contributed by atoms with Crippen molar-refractivity contribution in [2.24, 2.45) is 0 Å². The summed E-state index contributed by atoms with van der Waals surface area (Å²) in [5.41, 5.74) is 1.73. The first kappa shape index (κ1) is 13.6. The van der Waals surface area contributed by atoms with Gasteiger partial charge in [-0.3, -0.25) is 14.3 Å². The molecule has 0 amide bonds. The van der Waals surface area contributed by atoms with Gasteiger partial charge in [0.25, 0.3) is 5.56 Å². The summed E-state index contributed by atoms with van der Waals surface area (Å²) < 4.78 is 7.17. The summed E-state index contributed by atoms with van der Waals surface area (Å²) >= 11 is 0. The Labute approximate surface area is 119 Å². The molecular formula is C14H22N4O2. The third kappa shape index (κ3) is 2.45. The van der Waals surface area contributed by atoms with Gasteiger partial charge in [-0.1, -0.05) is 0 Å². The fourth-order valence-corrected chi connectivity index (χ4v) is 2.80. The maximum absolute atomic E-state index is 12.2. The highest BCUT2D eigenvalue weighted by molar-refractivity contribution is 5.37. The third-order valence-electron chi connectivity index (χ3n) is 4.28. The number of aromatic nitrogens is 2. The van der Waals surface area contributed by atoms with Gasteiger partial charge in [-0.25, -0.2) is 4.98 Å². The Morgan fingerprint density at radius 1 is 1.10 bits per heavy atom. The van der Waals surface area contributed by atoms with Crippen molar-refractivity contribution in [1.29, 1.82) is 0 Å². The van der Waals surface area contributed by atoms with Gasteiger partial charge >= 0.3 is 0 Å². The number of morpholine rings is 1. The molecule has 1 saturated heterocycles. The molecule has 0 spiro atoms. The van der Waals surface area contributed by atoms with E-state index in [-0.39, 0.29) is 5.56 Å². The molecule has 0 bridgehead atoms. The van der Waals surface area contributed by atoms with Crippen LogP contribution in [0, 0.1) is 13.8 Å². The fraction of sp³-hybridized carbons (Fsp3) is 0.714. The third-order valence-corrected chi connectivity index (χ3v) is 4.28. The van der Waals surface area contributed by atoms with Gasteiger partial charge in [0.15, 0.2) is 0 Å². The van der Waals surface area contributed by atoms with Crippen molar-refractivity contribution in [1.82, 2.24) is 14.5 Å². The highest BCUT2D eigenvalue weighted by Gasteiger charge is 2.23. The minimum atomic E-state index is 0.112. The highest BCUT2D eigenvalue weighted by Crippen LogP contribution is 2.17. The van der Waals surface area contributed by atoms with E-state index < -0.39 is 0 Å². The zero-order valence-corrected chi connectivity index (χ0v) is 12.3. The molecule has 0 aromatic carbocycles. The molecule has 110 valence electrons. The number of anilines is 1. The average Bonchev–Trinajstić information content (AvgIpc) is 2.87. The normalized spacial score (nSPS) is 19.4. The molecule has 20 heavy (non-hydrogen) atoms. The summed E-state index contributed by atoms with van der Waals surface area (Å²) in [4.78, 5) is 21.4. The van der Waals surface area contributed by atoms with E-state index in [0.29, 0.717) is 0 Å². The van der Waals surface area contributed by atoms with Crippen LogP contribution in [0.1, 0.15) is 11.3 Å². The molecule has 0 aliphatic carbocycles. The van der Waals surface area contributed by atoms with Crippen molar-refractivity contribution in [2.45, 2.75) is 20.4 Å². The summed E-state index contributed by atoms with van der Waals surface area (Å²) in [7, 11) is 0. The van der Waals surface area contributed by atoms with E-state index in [1.807, 2.05) is 18.4 Å². The van der Waals surface area contributed by atoms with Crippen LogP contribution in [0.4, 0.5) is 5.95 Å². The zero-order valence-electron chi connectivity index (χ0n) is 12.3. The van der Waals surface area contributed by atoms with Crippen LogP contribution in [-0.2, 0) is 11.3 Å². The van der Waals surface area contributed by atoms with Crippen LogP contribution in [-0.4, -0.2) is 60.4 Å². The van der Waals surface area contributed by atoms with Crippen LogP contribution in [0.5, 0.6) is 0 Å². The lowest BCUT2D eigenvalue weighted by atomic mass is 10.3. The highest BCUT2D eigenvalue weighted by atomic mass is 16.5. The molecule has 2 aliphatic rings. The van der Waals surface area contributed by atoms with Crippen LogP contribution in [0.15, 0.2) is 4.79 Å². The lowest BCUT2D eigenvalue weighted by Crippen LogP contribution is -2.41. The van der Waals surface area contributed by atoms with E-state index in [4.69, 9.17) is 4.74 Å². The quantitative estimate of drug-likeness (QED) is 0.780. The molecule has 0 N–H and O–H groups in total. The van der Waals surface area contributed by atoms with Gasteiger partial charge < -0.3 is 9.64 Å². The van der Waals surface area contributed by atoms with E-state index in [2.05, 4.69) is 14.8 Å². The molecule has 0 saturated carbocycles. The summed E-state index contributed by atoms with van der Waals surface area (Å²) in [6.07, 6.45) is 0. The van der Waals surface area contributed by atoms with Crippen LogP contribution in [0.3, 0.4) is 0 Å². The molecule has 0 atom stereocenters. The van der Waals surface area contributed by atoms with Gasteiger partial charge in [-0.15, -0.1) is 0 Å². The molecule has 6 nitrogen and oxygen atoms in total. The molecular weight excluding hydrogens is 256 g/mol. The van der Waals surface area contributed by atoms with Crippen LogP contribution >= 0.6 is 0 Å². The Morgan fingerprint density at radius 2 is 1.85 bits per heavy atom.